The first-order valence-electron chi connectivity index (χ1n) is 6.00. The number of carbonyl (C=O) groups excluding carboxylic acids is 1. The molecule has 0 bridgehead atoms. The summed E-state index contributed by atoms with van der Waals surface area (Å²) in [6, 6.07) is 4.44. The highest BCUT2D eigenvalue weighted by atomic mass is 35.5. The van der Waals surface area contributed by atoms with Gasteiger partial charge in [0.25, 0.3) is 5.91 Å². The van der Waals surface area contributed by atoms with Crippen molar-refractivity contribution >= 4 is 18.3 Å². The van der Waals surface area contributed by atoms with Gasteiger partial charge >= 0.3 is 0 Å². The molecule has 19 heavy (non-hydrogen) atoms. The van der Waals surface area contributed by atoms with Crippen LogP contribution in [0.2, 0.25) is 0 Å². The first-order chi connectivity index (χ1) is 8.61. The maximum Gasteiger partial charge on any atom is 0.253 e. The van der Waals surface area contributed by atoms with Crippen molar-refractivity contribution in [3.8, 4) is 5.75 Å². The van der Waals surface area contributed by atoms with E-state index in [0.717, 1.165) is 12.8 Å². The second-order valence-electron chi connectivity index (χ2n) is 4.48. The standard InChI is InChI=1S/C13H17FN2O2.ClH/c1-18-12-3-2-9(8-11(12)14)13(17)16-6-4-10(15)5-7-16;/h2-3,8,10H,4-7,15H2,1H3;1H. The highest BCUT2D eigenvalue weighted by Crippen LogP contribution is 2.20. The zero-order valence-corrected chi connectivity index (χ0v) is 11.6. The van der Waals surface area contributed by atoms with Crippen LogP contribution in [0.4, 0.5) is 4.39 Å². The number of amides is 1. The summed E-state index contributed by atoms with van der Waals surface area (Å²) in [6.07, 6.45) is 1.59. The van der Waals surface area contributed by atoms with Gasteiger partial charge in [0.1, 0.15) is 0 Å². The lowest BCUT2D eigenvalue weighted by Gasteiger charge is -2.30. The zero-order chi connectivity index (χ0) is 13.1. The lowest BCUT2D eigenvalue weighted by Crippen LogP contribution is -2.42. The molecule has 1 heterocycles. The average molecular weight is 289 g/mol. The van der Waals surface area contributed by atoms with E-state index in [2.05, 4.69) is 0 Å². The van der Waals surface area contributed by atoms with Gasteiger partial charge in [-0.05, 0) is 31.0 Å². The molecule has 1 saturated heterocycles. The van der Waals surface area contributed by atoms with Crippen LogP contribution in [0.3, 0.4) is 0 Å². The van der Waals surface area contributed by atoms with E-state index in [4.69, 9.17) is 10.5 Å². The van der Waals surface area contributed by atoms with Crippen LogP contribution in [0.1, 0.15) is 23.2 Å². The van der Waals surface area contributed by atoms with Gasteiger partial charge in [-0.2, -0.15) is 0 Å². The van der Waals surface area contributed by atoms with E-state index in [1.807, 2.05) is 0 Å². The molecule has 0 saturated carbocycles. The van der Waals surface area contributed by atoms with Crippen LogP contribution in [0, 0.1) is 5.82 Å². The van der Waals surface area contributed by atoms with Crippen LogP contribution in [0.25, 0.3) is 0 Å². The summed E-state index contributed by atoms with van der Waals surface area (Å²) < 4.78 is 18.3. The summed E-state index contributed by atoms with van der Waals surface area (Å²) in [6.45, 7) is 1.27. The molecule has 0 aliphatic carbocycles. The Morgan fingerprint density at radius 1 is 1.42 bits per heavy atom. The van der Waals surface area contributed by atoms with Gasteiger partial charge in [-0.3, -0.25) is 4.79 Å². The molecule has 1 aromatic carbocycles. The fourth-order valence-corrected chi connectivity index (χ4v) is 2.08. The lowest BCUT2D eigenvalue weighted by atomic mass is 10.0. The number of hydrogen-bond acceptors (Lipinski definition) is 3. The van der Waals surface area contributed by atoms with Crippen molar-refractivity contribution in [1.82, 2.24) is 4.90 Å². The molecule has 0 radical (unpaired) electrons. The van der Waals surface area contributed by atoms with Crippen molar-refractivity contribution in [2.75, 3.05) is 20.2 Å². The minimum atomic E-state index is -0.517. The fourth-order valence-electron chi connectivity index (χ4n) is 2.08. The highest BCUT2D eigenvalue weighted by Gasteiger charge is 2.22. The summed E-state index contributed by atoms with van der Waals surface area (Å²) in [4.78, 5) is 13.8. The van der Waals surface area contributed by atoms with Crippen molar-refractivity contribution in [3.05, 3.63) is 29.6 Å². The van der Waals surface area contributed by atoms with Gasteiger partial charge in [-0.1, -0.05) is 0 Å². The number of piperidine rings is 1. The third-order valence-electron chi connectivity index (χ3n) is 3.23. The normalized spacial score (nSPS) is 15.8. The number of nitrogens with two attached hydrogens (primary N) is 1. The third-order valence-corrected chi connectivity index (χ3v) is 3.23. The number of halogens is 2. The van der Waals surface area contributed by atoms with Gasteiger partial charge < -0.3 is 15.4 Å². The maximum atomic E-state index is 13.5. The number of hydrogen-bond donors (Lipinski definition) is 1. The van der Waals surface area contributed by atoms with Crippen molar-refractivity contribution in [1.29, 1.82) is 0 Å². The Labute approximate surface area is 118 Å². The van der Waals surface area contributed by atoms with Crippen molar-refractivity contribution in [2.45, 2.75) is 18.9 Å². The predicted octanol–water partition coefficient (Wildman–Crippen LogP) is 1.82. The van der Waals surface area contributed by atoms with Gasteiger partial charge in [0.2, 0.25) is 0 Å². The molecule has 2 N–H and O–H groups in total. The Balaban J connectivity index is 0.00000180. The average Bonchev–Trinajstić information content (AvgIpc) is 2.38. The molecule has 1 fully saturated rings. The summed E-state index contributed by atoms with van der Waals surface area (Å²) in [5.74, 6) is -0.521. The van der Waals surface area contributed by atoms with Crippen LogP contribution in [-0.4, -0.2) is 37.0 Å². The van der Waals surface area contributed by atoms with E-state index in [-0.39, 0.29) is 30.1 Å². The summed E-state index contributed by atoms with van der Waals surface area (Å²) in [5, 5.41) is 0. The second kappa shape index (κ2) is 6.73. The SMILES string of the molecule is COc1ccc(C(=O)N2CCC(N)CC2)cc1F.Cl. The van der Waals surface area contributed by atoms with E-state index in [0.29, 0.717) is 18.7 Å². The summed E-state index contributed by atoms with van der Waals surface area (Å²) in [7, 11) is 1.39. The van der Waals surface area contributed by atoms with Gasteiger partial charge in [0, 0.05) is 24.7 Å². The minimum absolute atomic E-state index is 0. The molecule has 0 atom stereocenters. The molecule has 2 rings (SSSR count). The second-order valence-corrected chi connectivity index (χ2v) is 4.48. The molecule has 6 heteroatoms. The minimum Gasteiger partial charge on any atom is -0.494 e. The van der Waals surface area contributed by atoms with E-state index in [9.17, 15) is 9.18 Å². The number of nitrogens with zero attached hydrogens (tertiary/aromatic N) is 1. The van der Waals surface area contributed by atoms with Crippen LogP contribution in [0.15, 0.2) is 18.2 Å². The molecule has 0 aromatic heterocycles. The third kappa shape index (κ3) is 3.58. The number of carbonyl (C=O) groups is 1. The maximum absolute atomic E-state index is 13.5. The fraction of sp³-hybridized carbons (Fsp3) is 0.462. The molecule has 1 aliphatic heterocycles. The monoisotopic (exact) mass is 288 g/mol. The molecule has 0 unspecified atom stereocenters. The first-order valence-corrected chi connectivity index (χ1v) is 6.00. The first kappa shape index (κ1) is 15.7. The number of likely N-dealkylation sites (tertiary alicyclic amines) is 1. The van der Waals surface area contributed by atoms with Crippen LogP contribution >= 0.6 is 12.4 Å². The number of methoxy groups -OCH3 is 1. The Hall–Kier alpha value is -1.33. The summed E-state index contributed by atoms with van der Waals surface area (Å²) in [5.41, 5.74) is 6.13. The Morgan fingerprint density at radius 3 is 2.58 bits per heavy atom. The molecule has 1 amide bonds. The van der Waals surface area contributed by atoms with Gasteiger partial charge in [0.05, 0.1) is 7.11 Å². The van der Waals surface area contributed by atoms with Crippen LogP contribution in [0.5, 0.6) is 5.75 Å². The Kier molecular flexibility index (Phi) is 5.57. The van der Waals surface area contributed by atoms with Crippen LogP contribution < -0.4 is 10.5 Å². The van der Waals surface area contributed by atoms with Crippen LogP contribution in [-0.2, 0) is 0 Å². The lowest BCUT2D eigenvalue weighted by molar-refractivity contribution is 0.0714. The molecule has 4 nitrogen and oxygen atoms in total. The van der Waals surface area contributed by atoms with E-state index in [1.165, 1.54) is 19.2 Å². The Bertz CT molecular complexity index is 448. The van der Waals surface area contributed by atoms with Gasteiger partial charge in [-0.25, -0.2) is 4.39 Å². The quantitative estimate of drug-likeness (QED) is 0.903. The molecule has 0 spiro atoms. The summed E-state index contributed by atoms with van der Waals surface area (Å²) >= 11 is 0. The number of ether oxygens (including phenoxy) is 1. The number of benzene rings is 1. The van der Waals surface area contributed by atoms with Crippen molar-refractivity contribution < 1.29 is 13.9 Å². The molecular weight excluding hydrogens is 271 g/mol. The van der Waals surface area contributed by atoms with Crippen molar-refractivity contribution in [3.63, 3.8) is 0 Å². The van der Waals surface area contributed by atoms with E-state index < -0.39 is 5.82 Å². The topological polar surface area (TPSA) is 55.6 Å². The molecule has 1 aromatic rings. The van der Waals surface area contributed by atoms with Crippen molar-refractivity contribution in [2.24, 2.45) is 5.73 Å². The zero-order valence-electron chi connectivity index (χ0n) is 10.8. The smallest absolute Gasteiger partial charge is 0.253 e. The molecule has 106 valence electrons. The molecule has 1 aliphatic rings. The number of rotatable bonds is 2. The highest BCUT2D eigenvalue weighted by molar-refractivity contribution is 5.94. The Morgan fingerprint density at radius 2 is 2.05 bits per heavy atom. The van der Waals surface area contributed by atoms with Gasteiger partial charge in [-0.15, -0.1) is 12.4 Å². The predicted molar refractivity (Wildman–Crippen MR) is 73.3 cm³/mol. The van der Waals surface area contributed by atoms with E-state index in [1.54, 1.807) is 11.0 Å². The van der Waals surface area contributed by atoms with Gasteiger partial charge in [0.15, 0.2) is 11.6 Å². The largest absolute Gasteiger partial charge is 0.494 e. The molecular formula is C13H18ClFN2O2. The van der Waals surface area contributed by atoms with E-state index >= 15 is 0 Å².